The van der Waals surface area contributed by atoms with E-state index in [-0.39, 0.29) is 42.2 Å². The molecule has 2 aromatic rings. The van der Waals surface area contributed by atoms with Gasteiger partial charge in [-0.15, -0.1) is 0 Å². The van der Waals surface area contributed by atoms with Crippen molar-refractivity contribution in [2.24, 2.45) is 34.8 Å². The Hall–Kier alpha value is -4.39. The molecular formula is C36H58N8O5. The number of fused-ring (bicyclic) bond motifs is 1. The first-order valence-corrected chi connectivity index (χ1v) is 16.7. The number of carboxylic acids is 1. The fraction of sp³-hybridized carbons (Fsp3) is 0.583. The molecule has 1 aromatic carbocycles. The van der Waals surface area contributed by atoms with Crippen LogP contribution in [-0.2, 0) is 31.6 Å². The first-order chi connectivity index (χ1) is 22.6. The fourth-order valence-electron chi connectivity index (χ4n) is 6.17. The van der Waals surface area contributed by atoms with Crippen molar-refractivity contribution in [3.8, 4) is 0 Å². The van der Waals surface area contributed by atoms with Crippen molar-refractivity contribution in [2.75, 3.05) is 20.6 Å². The van der Waals surface area contributed by atoms with Gasteiger partial charge in [0.1, 0.15) is 12.1 Å². The maximum Gasteiger partial charge on any atom is 0.326 e. The number of aryl methyl sites for hydroxylation is 1. The van der Waals surface area contributed by atoms with Crippen LogP contribution in [0.3, 0.4) is 0 Å². The molecular weight excluding hydrogens is 624 g/mol. The van der Waals surface area contributed by atoms with Gasteiger partial charge < -0.3 is 42.0 Å². The molecule has 0 aliphatic rings. The lowest BCUT2D eigenvalue weighted by molar-refractivity contribution is -0.141. The minimum Gasteiger partial charge on any atom is -0.480 e. The number of carbonyl (C=O) groups is 4. The topological polar surface area (TPSA) is 197 Å². The van der Waals surface area contributed by atoms with E-state index < -0.39 is 46.9 Å². The molecule has 3 amide bonds. The van der Waals surface area contributed by atoms with Crippen molar-refractivity contribution >= 4 is 40.6 Å². The first kappa shape index (κ1) is 40.8. The molecule has 4 atom stereocenters. The van der Waals surface area contributed by atoms with Crippen LogP contribution in [-0.4, -0.2) is 89.0 Å². The molecule has 0 aliphatic carbocycles. The molecule has 0 radical (unpaired) electrons. The summed E-state index contributed by atoms with van der Waals surface area (Å²) in [5.41, 5.74) is 11.7. The number of hydrogen-bond acceptors (Lipinski definition) is 6. The number of likely N-dealkylation sites (N-methyl/N-ethyl adjacent to an activating group) is 2. The number of nitrogens with zero attached hydrogens (tertiary/aromatic N) is 3. The van der Waals surface area contributed by atoms with E-state index in [0.29, 0.717) is 6.42 Å². The normalized spacial score (nSPS) is 14.9. The number of rotatable bonds is 16. The third-order valence-corrected chi connectivity index (χ3v) is 9.07. The summed E-state index contributed by atoms with van der Waals surface area (Å²) in [5, 5.41) is 19.5. The number of nitrogens with two attached hydrogens (primary N) is 2. The van der Waals surface area contributed by atoms with Gasteiger partial charge in [0.05, 0.1) is 12.1 Å². The lowest BCUT2D eigenvalue weighted by Crippen LogP contribution is -2.61. The summed E-state index contributed by atoms with van der Waals surface area (Å²) in [6, 6.07) is 4.82. The number of carboxylic acid groups (broad SMARTS) is 1. The van der Waals surface area contributed by atoms with Crippen molar-refractivity contribution in [2.45, 2.75) is 97.8 Å². The van der Waals surface area contributed by atoms with E-state index in [9.17, 15) is 24.3 Å². The molecule has 2 unspecified atom stereocenters. The van der Waals surface area contributed by atoms with E-state index in [1.54, 1.807) is 32.0 Å². The number of aliphatic imine (C=N–C) groups is 1. The largest absolute Gasteiger partial charge is 0.480 e. The van der Waals surface area contributed by atoms with Gasteiger partial charge in [-0.05, 0) is 49.8 Å². The third-order valence-electron chi connectivity index (χ3n) is 9.07. The summed E-state index contributed by atoms with van der Waals surface area (Å²) in [4.78, 5) is 58.7. The molecule has 49 heavy (non-hydrogen) atoms. The van der Waals surface area contributed by atoms with E-state index in [0.717, 1.165) is 16.5 Å². The van der Waals surface area contributed by atoms with Gasteiger partial charge in [0.15, 0.2) is 5.96 Å². The molecule has 2 rings (SSSR count). The minimum absolute atomic E-state index is 0.0899. The van der Waals surface area contributed by atoms with Crippen molar-refractivity contribution in [1.82, 2.24) is 25.4 Å². The van der Waals surface area contributed by atoms with Crippen molar-refractivity contribution in [1.29, 1.82) is 0 Å². The predicted molar refractivity (Wildman–Crippen MR) is 195 cm³/mol. The van der Waals surface area contributed by atoms with Crippen LogP contribution in [0.4, 0.5) is 0 Å². The first-order valence-electron chi connectivity index (χ1n) is 16.7. The van der Waals surface area contributed by atoms with Gasteiger partial charge in [-0.2, -0.15) is 0 Å². The standard InChI is InChI=1S/C36H58N8O5/c1-21(2)27(19-22(3)30(45)41-25(33(48)49)16-14-18-40-34(37)38)44(11)32(47)29(35(4,5)6)42-31(46)28(39-9)36(7,8)24-20-43(10)26-17-13-12-15-23(24)26/h12-13,15,17,19-21,25,27-29,39H,14,16,18H2,1-11H3,(H,41,45)(H,42,46)(H,48,49)(H4,37,38,40)/b22-19+/t25-,27+,28?,29?/m0/s1. The monoisotopic (exact) mass is 682 g/mol. The highest BCUT2D eigenvalue weighted by molar-refractivity contribution is 5.96. The summed E-state index contributed by atoms with van der Waals surface area (Å²) in [7, 11) is 5.37. The Bertz CT molecular complexity index is 1550. The summed E-state index contributed by atoms with van der Waals surface area (Å²) in [6.45, 7) is 15.4. The molecule has 0 saturated carbocycles. The SMILES string of the molecule is CNC(C(=O)NC(C(=O)N(C)[C@H](/C=C(\C)C(=O)N[C@@H](CCCN=C(N)N)C(=O)O)C(C)C)C(C)(C)C)C(C)(C)c1cn(C)c2ccccc12. The molecule has 13 nitrogen and oxygen atoms in total. The highest BCUT2D eigenvalue weighted by Gasteiger charge is 2.42. The van der Waals surface area contributed by atoms with E-state index in [1.807, 2.05) is 90.5 Å². The molecule has 13 heteroatoms. The van der Waals surface area contributed by atoms with E-state index in [4.69, 9.17) is 11.5 Å². The zero-order valence-corrected chi connectivity index (χ0v) is 31.0. The van der Waals surface area contributed by atoms with Gasteiger partial charge in [-0.3, -0.25) is 19.4 Å². The number of amides is 3. The molecule has 272 valence electrons. The van der Waals surface area contributed by atoms with Gasteiger partial charge in [0, 0.05) is 48.7 Å². The van der Waals surface area contributed by atoms with Crippen LogP contribution in [0.15, 0.2) is 47.1 Å². The zero-order chi connectivity index (χ0) is 37.4. The molecule has 0 spiro atoms. The minimum atomic E-state index is -1.18. The number of hydrogen-bond donors (Lipinski definition) is 6. The highest BCUT2D eigenvalue weighted by atomic mass is 16.4. The van der Waals surface area contributed by atoms with Crippen molar-refractivity contribution < 1.29 is 24.3 Å². The average Bonchev–Trinajstić information content (AvgIpc) is 3.35. The van der Waals surface area contributed by atoms with Gasteiger partial charge >= 0.3 is 5.97 Å². The number of nitrogens with one attached hydrogen (secondary N) is 3. The third kappa shape index (κ3) is 10.3. The van der Waals surface area contributed by atoms with Crippen molar-refractivity contribution in [3.63, 3.8) is 0 Å². The lowest BCUT2D eigenvalue weighted by atomic mass is 9.76. The molecule has 1 heterocycles. The van der Waals surface area contributed by atoms with E-state index >= 15 is 0 Å². The number of aromatic nitrogens is 1. The van der Waals surface area contributed by atoms with Gasteiger partial charge in [0.25, 0.3) is 0 Å². The quantitative estimate of drug-likeness (QED) is 0.0672. The van der Waals surface area contributed by atoms with Crippen LogP contribution in [0.25, 0.3) is 10.9 Å². The molecule has 0 bridgehead atoms. The number of benzene rings is 1. The average molecular weight is 683 g/mol. The van der Waals surface area contributed by atoms with Crippen molar-refractivity contribution in [3.05, 3.63) is 47.7 Å². The number of para-hydroxylation sites is 1. The molecule has 1 aromatic heterocycles. The molecule has 0 aliphatic heterocycles. The second kappa shape index (κ2) is 16.8. The molecule has 0 fully saturated rings. The summed E-state index contributed by atoms with van der Waals surface area (Å²) >= 11 is 0. The maximum atomic E-state index is 14.2. The smallest absolute Gasteiger partial charge is 0.326 e. The van der Waals surface area contributed by atoms with Crippen LogP contribution in [0, 0.1) is 11.3 Å². The number of aliphatic carboxylic acids is 1. The van der Waals surface area contributed by atoms with Gasteiger partial charge in [-0.1, -0.05) is 72.7 Å². The van der Waals surface area contributed by atoms with E-state index in [1.165, 1.54) is 0 Å². The Morgan fingerprint density at radius 1 is 1.04 bits per heavy atom. The predicted octanol–water partition coefficient (Wildman–Crippen LogP) is 2.63. The second-order valence-corrected chi connectivity index (χ2v) is 14.8. The Balaban J connectivity index is 2.33. The fourth-order valence-corrected chi connectivity index (χ4v) is 6.17. The Labute approximate surface area is 290 Å². The summed E-state index contributed by atoms with van der Waals surface area (Å²) in [6.07, 6.45) is 4.20. The van der Waals surface area contributed by atoms with Gasteiger partial charge in [0.2, 0.25) is 17.7 Å². The second-order valence-electron chi connectivity index (χ2n) is 14.8. The number of carbonyl (C=O) groups excluding carboxylic acids is 3. The zero-order valence-electron chi connectivity index (χ0n) is 31.0. The molecule has 8 N–H and O–H groups in total. The van der Waals surface area contributed by atoms with Gasteiger partial charge in [-0.25, -0.2) is 4.79 Å². The molecule has 0 saturated heterocycles. The van der Waals surface area contributed by atoms with E-state index in [2.05, 4.69) is 20.9 Å². The van der Waals surface area contributed by atoms with Crippen LogP contribution in [0.5, 0.6) is 0 Å². The van der Waals surface area contributed by atoms with Crippen LogP contribution >= 0.6 is 0 Å². The van der Waals surface area contributed by atoms with Crippen LogP contribution in [0.1, 0.15) is 73.8 Å². The van der Waals surface area contributed by atoms with Crippen LogP contribution < -0.4 is 27.4 Å². The lowest BCUT2D eigenvalue weighted by Gasteiger charge is -2.39. The summed E-state index contributed by atoms with van der Waals surface area (Å²) in [5.74, 6) is -2.57. The summed E-state index contributed by atoms with van der Waals surface area (Å²) < 4.78 is 2.05. The Morgan fingerprint density at radius 3 is 2.18 bits per heavy atom. The Morgan fingerprint density at radius 2 is 1.65 bits per heavy atom. The highest BCUT2D eigenvalue weighted by Crippen LogP contribution is 2.35. The maximum absolute atomic E-state index is 14.2. The Kier molecular flexibility index (Phi) is 14.0. The number of guanidine groups is 1. The van der Waals surface area contributed by atoms with Crippen LogP contribution in [0.2, 0.25) is 0 Å².